The first-order chi connectivity index (χ1) is 9.45. The molecule has 1 amide bonds. The lowest BCUT2D eigenvalue weighted by Crippen LogP contribution is -2.48. The fourth-order valence-corrected chi connectivity index (χ4v) is 2.56. The van der Waals surface area contributed by atoms with Gasteiger partial charge < -0.3 is 9.80 Å². The van der Waals surface area contributed by atoms with Crippen LogP contribution in [0.3, 0.4) is 0 Å². The Morgan fingerprint density at radius 2 is 1.90 bits per heavy atom. The van der Waals surface area contributed by atoms with Crippen molar-refractivity contribution >= 4 is 17.5 Å². The molecule has 1 heterocycles. The van der Waals surface area contributed by atoms with Crippen LogP contribution in [0, 0.1) is 18.6 Å². The first kappa shape index (κ1) is 15.2. The largest absolute Gasteiger partial charge is 0.336 e. The highest BCUT2D eigenvalue weighted by Crippen LogP contribution is 2.27. The molecule has 1 saturated heterocycles. The Bertz CT molecular complexity index is 502. The molecule has 3 nitrogen and oxygen atoms in total. The normalized spacial score (nSPS) is 16.6. The topological polar surface area (TPSA) is 23.6 Å². The van der Waals surface area contributed by atoms with E-state index >= 15 is 0 Å². The van der Waals surface area contributed by atoms with Crippen molar-refractivity contribution in [2.75, 3.05) is 32.7 Å². The molecule has 0 radical (unpaired) electrons. The maximum Gasteiger partial charge on any atom is 0.258 e. The van der Waals surface area contributed by atoms with Crippen molar-refractivity contribution in [3.05, 3.63) is 33.9 Å². The Balaban J connectivity index is 2.26. The van der Waals surface area contributed by atoms with Crippen LogP contribution in [0.2, 0.25) is 5.02 Å². The number of amides is 1. The highest BCUT2D eigenvalue weighted by molar-refractivity contribution is 6.34. The van der Waals surface area contributed by atoms with E-state index in [1.165, 1.54) is 4.90 Å². The fourth-order valence-electron chi connectivity index (χ4n) is 2.34. The minimum atomic E-state index is -1.16. The van der Waals surface area contributed by atoms with Crippen molar-refractivity contribution in [1.29, 1.82) is 0 Å². The van der Waals surface area contributed by atoms with Crippen LogP contribution in [-0.4, -0.2) is 48.4 Å². The molecule has 0 N–H and O–H groups in total. The molecule has 1 fully saturated rings. The summed E-state index contributed by atoms with van der Waals surface area (Å²) in [5.74, 6) is -2.74. The van der Waals surface area contributed by atoms with Crippen LogP contribution in [0.1, 0.15) is 22.8 Å². The smallest absolute Gasteiger partial charge is 0.258 e. The van der Waals surface area contributed by atoms with E-state index in [0.29, 0.717) is 18.7 Å². The summed E-state index contributed by atoms with van der Waals surface area (Å²) in [6, 6.07) is 1.00. The van der Waals surface area contributed by atoms with Crippen LogP contribution in [0.15, 0.2) is 6.07 Å². The summed E-state index contributed by atoms with van der Waals surface area (Å²) in [6.07, 6.45) is 0. The number of carbonyl (C=O) groups excluding carboxylic acids is 1. The average molecular weight is 303 g/mol. The lowest BCUT2D eigenvalue weighted by Gasteiger charge is -2.34. The van der Waals surface area contributed by atoms with E-state index in [1.54, 1.807) is 6.92 Å². The Labute approximate surface area is 122 Å². The maximum atomic E-state index is 13.9. The quantitative estimate of drug-likeness (QED) is 0.784. The molecule has 1 aromatic carbocycles. The monoisotopic (exact) mass is 302 g/mol. The van der Waals surface area contributed by atoms with E-state index < -0.39 is 17.5 Å². The zero-order valence-corrected chi connectivity index (χ0v) is 12.3. The number of benzene rings is 1. The highest BCUT2D eigenvalue weighted by atomic mass is 35.5. The number of likely N-dealkylation sites (N-methyl/N-ethyl adjacent to an activating group) is 1. The van der Waals surface area contributed by atoms with Gasteiger partial charge in [-0.3, -0.25) is 4.79 Å². The zero-order valence-electron chi connectivity index (χ0n) is 11.5. The summed E-state index contributed by atoms with van der Waals surface area (Å²) in [5, 5.41) is -0.00757. The molecule has 6 heteroatoms. The third-order valence-electron chi connectivity index (χ3n) is 3.66. The summed E-state index contributed by atoms with van der Waals surface area (Å²) in [6.45, 7) is 6.97. The molecule has 0 aromatic heterocycles. The van der Waals surface area contributed by atoms with E-state index in [1.807, 2.05) is 6.92 Å². The summed E-state index contributed by atoms with van der Waals surface area (Å²) < 4.78 is 27.3. The van der Waals surface area contributed by atoms with Gasteiger partial charge in [-0.25, -0.2) is 8.78 Å². The van der Waals surface area contributed by atoms with Crippen molar-refractivity contribution in [2.45, 2.75) is 13.8 Å². The number of hydrogen-bond donors (Lipinski definition) is 0. The highest BCUT2D eigenvalue weighted by Gasteiger charge is 2.28. The van der Waals surface area contributed by atoms with Crippen LogP contribution < -0.4 is 0 Å². The summed E-state index contributed by atoms with van der Waals surface area (Å²) in [5.41, 5.74) is 0.00947. The molecule has 1 aliphatic heterocycles. The molecule has 1 aliphatic rings. The van der Waals surface area contributed by atoms with Gasteiger partial charge in [0.25, 0.3) is 5.91 Å². The predicted molar refractivity (Wildman–Crippen MR) is 74.1 cm³/mol. The molecule has 0 saturated carbocycles. The van der Waals surface area contributed by atoms with Crippen molar-refractivity contribution in [3.8, 4) is 0 Å². The van der Waals surface area contributed by atoms with Crippen molar-refractivity contribution < 1.29 is 13.6 Å². The lowest BCUT2D eigenvalue weighted by molar-refractivity contribution is 0.0638. The number of nitrogens with zero attached hydrogens (tertiary/aromatic N) is 2. The van der Waals surface area contributed by atoms with Gasteiger partial charge >= 0.3 is 0 Å². The van der Waals surface area contributed by atoms with E-state index in [0.717, 1.165) is 25.7 Å². The second-order valence-electron chi connectivity index (χ2n) is 4.90. The van der Waals surface area contributed by atoms with Crippen LogP contribution in [0.5, 0.6) is 0 Å². The molecule has 1 aromatic rings. The van der Waals surface area contributed by atoms with Gasteiger partial charge in [-0.05, 0) is 25.1 Å². The number of piperazine rings is 1. The van der Waals surface area contributed by atoms with E-state index in [9.17, 15) is 13.6 Å². The van der Waals surface area contributed by atoms with Crippen molar-refractivity contribution in [1.82, 2.24) is 9.80 Å². The van der Waals surface area contributed by atoms with Gasteiger partial charge in [0.15, 0.2) is 11.6 Å². The van der Waals surface area contributed by atoms with Crippen molar-refractivity contribution in [2.24, 2.45) is 0 Å². The Hall–Kier alpha value is -1.20. The first-order valence-corrected chi connectivity index (χ1v) is 6.99. The Kier molecular flexibility index (Phi) is 4.60. The minimum absolute atomic E-state index is 0.00757. The van der Waals surface area contributed by atoms with E-state index in [4.69, 9.17) is 11.6 Å². The summed E-state index contributed by atoms with van der Waals surface area (Å²) >= 11 is 5.98. The zero-order chi connectivity index (χ0) is 14.9. The minimum Gasteiger partial charge on any atom is -0.336 e. The molecule has 110 valence electrons. The Morgan fingerprint density at radius 1 is 1.30 bits per heavy atom. The lowest BCUT2D eigenvalue weighted by atomic mass is 10.1. The summed E-state index contributed by atoms with van der Waals surface area (Å²) in [7, 11) is 0. The van der Waals surface area contributed by atoms with Gasteiger partial charge in [-0.1, -0.05) is 18.5 Å². The van der Waals surface area contributed by atoms with E-state index in [2.05, 4.69) is 4.90 Å². The second-order valence-corrected chi connectivity index (χ2v) is 5.28. The molecule has 0 bridgehead atoms. The molecule has 0 atom stereocenters. The van der Waals surface area contributed by atoms with Crippen molar-refractivity contribution in [3.63, 3.8) is 0 Å². The average Bonchev–Trinajstić information content (AvgIpc) is 2.45. The van der Waals surface area contributed by atoms with Crippen LogP contribution in [-0.2, 0) is 0 Å². The summed E-state index contributed by atoms with van der Waals surface area (Å²) in [4.78, 5) is 16.1. The third kappa shape index (κ3) is 2.79. The number of carbonyl (C=O) groups is 1. The molecular weight excluding hydrogens is 286 g/mol. The number of aryl methyl sites for hydroxylation is 1. The number of halogens is 3. The van der Waals surface area contributed by atoms with Crippen LogP contribution in [0.4, 0.5) is 8.78 Å². The second kappa shape index (κ2) is 6.06. The third-order valence-corrected chi connectivity index (χ3v) is 4.15. The molecule has 0 aliphatic carbocycles. The Morgan fingerprint density at radius 3 is 2.45 bits per heavy atom. The van der Waals surface area contributed by atoms with E-state index in [-0.39, 0.29) is 10.6 Å². The molecule has 2 rings (SSSR count). The van der Waals surface area contributed by atoms with Gasteiger partial charge in [0.1, 0.15) is 0 Å². The predicted octanol–water partition coefficient (Wildman–Crippen LogP) is 2.70. The maximum absolute atomic E-state index is 13.9. The first-order valence-electron chi connectivity index (χ1n) is 6.61. The van der Waals surface area contributed by atoms with Gasteiger partial charge in [-0.2, -0.15) is 0 Å². The molecule has 20 heavy (non-hydrogen) atoms. The fraction of sp³-hybridized carbons (Fsp3) is 0.500. The van der Waals surface area contributed by atoms with Gasteiger partial charge in [0.05, 0.1) is 10.6 Å². The van der Waals surface area contributed by atoms with Gasteiger partial charge in [-0.15, -0.1) is 0 Å². The van der Waals surface area contributed by atoms with Gasteiger partial charge in [0, 0.05) is 26.2 Å². The SMILES string of the molecule is CCN1CCN(C(=O)c2c(F)c(F)cc(C)c2Cl)CC1. The van der Waals surface area contributed by atoms with Crippen LogP contribution in [0.25, 0.3) is 0 Å². The molecule has 0 spiro atoms. The number of hydrogen-bond acceptors (Lipinski definition) is 2. The number of rotatable bonds is 2. The molecular formula is C14H17ClF2N2O. The standard InChI is InChI=1S/C14H17ClF2N2O/c1-3-18-4-6-19(7-5-18)14(20)11-12(15)9(2)8-10(16)13(11)17/h8H,3-7H2,1-2H3. The van der Waals surface area contributed by atoms with Gasteiger partial charge in [0.2, 0.25) is 0 Å². The van der Waals surface area contributed by atoms with Crippen LogP contribution >= 0.6 is 11.6 Å². The molecule has 0 unspecified atom stereocenters.